The van der Waals surface area contributed by atoms with Crippen molar-refractivity contribution in [3.8, 4) is 0 Å². The van der Waals surface area contributed by atoms with Crippen molar-refractivity contribution in [1.29, 1.82) is 0 Å². The number of ether oxygens (including phenoxy) is 1. The molecule has 0 saturated carbocycles. The zero-order valence-corrected chi connectivity index (χ0v) is 9.83. The molecule has 2 aromatic rings. The van der Waals surface area contributed by atoms with Crippen molar-refractivity contribution in [1.82, 2.24) is 14.0 Å². The summed E-state index contributed by atoms with van der Waals surface area (Å²) < 4.78 is 7.77. The van der Waals surface area contributed by atoms with Gasteiger partial charge in [-0.25, -0.2) is 9.78 Å². The molecule has 1 aliphatic heterocycles. The lowest BCUT2D eigenvalue weighted by Gasteiger charge is -2.17. The van der Waals surface area contributed by atoms with Crippen LogP contribution in [0.3, 0.4) is 0 Å². The Balaban J connectivity index is 2.05. The summed E-state index contributed by atoms with van der Waals surface area (Å²) in [4.78, 5) is 16.1. The summed E-state index contributed by atoms with van der Waals surface area (Å²) in [5, 5.41) is 28.6. The van der Waals surface area contributed by atoms with Gasteiger partial charge in [0.1, 0.15) is 24.0 Å². The number of aliphatic hydroxyl groups excluding tert-OH is 3. The van der Waals surface area contributed by atoms with Crippen LogP contribution in [0.5, 0.6) is 0 Å². The van der Waals surface area contributed by atoms with Gasteiger partial charge in [-0.15, -0.1) is 0 Å². The summed E-state index contributed by atoms with van der Waals surface area (Å²) in [7, 11) is 0. The van der Waals surface area contributed by atoms with Gasteiger partial charge in [0, 0.05) is 18.6 Å². The zero-order valence-electron chi connectivity index (χ0n) is 9.83. The van der Waals surface area contributed by atoms with Crippen LogP contribution in [0.4, 0.5) is 0 Å². The van der Waals surface area contributed by atoms with E-state index in [1.165, 1.54) is 23.0 Å². The normalized spacial score (nSPS) is 31.1. The molecule has 0 amide bonds. The molecule has 0 aliphatic carbocycles. The highest BCUT2D eigenvalue weighted by Crippen LogP contribution is 2.27. The van der Waals surface area contributed by atoms with Crippen LogP contribution in [0.1, 0.15) is 6.23 Å². The second kappa shape index (κ2) is 4.42. The summed E-state index contributed by atoms with van der Waals surface area (Å²) in [5.41, 5.74) is 0.0397. The molecule has 1 saturated heterocycles. The molecule has 2 aromatic heterocycles. The van der Waals surface area contributed by atoms with Crippen LogP contribution in [-0.4, -0.2) is 54.2 Å². The second-order valence-electron chi connectivity index (χ2n) is 4.39. The monoisotopic (exact) mass is 267 g/mol. The first kappa shape index (κ1) is 12.3. The fourth-order valence-electron chi connectivity index (χ4n) is 2.24. The van der Waals surface area contributed by atoms with Gasteiger partial charge in [0.15, 0.2) is 6.23 Å². The molecule has 1 aliphatic rings. The predicted octanol–water partition coefficient (Wildman–Crippen LogP) is -1.89. The first-order chi connectivity index (χ1) is 9.13. The first-order valence-corrected chi connectivity index (χ1v) is 5.80. The number of aliphatic hydroxyl groups is 3. The van der Waals surface area contributed by atoms with Crippen LogP contribution in [0, 0.1) is 0 Å². The van der Waals surface area contributed by atoms with Crippen molar-refractivity contribution in [2.45, 2.75) is 24.5 Å². The summed E-state index contributed by atoms with van der Waals surface area (Å²) in [6.07, 6.45) is -0.0492. The molecule has 8 nitrogen and oxygen atoms in total. The summed E-state index contributed by atoms with van der Waals surface area (Å²) >= 11 is 0. The Hall–Kier alpha value is -1.74. The number of rotatable bonds is 2. The van der Waals surface area contributed by atoms with E-state index in [1.54, 1.807) is 6.07 Å². The lowest BCUT2D eigenvalue weighted by Crippen LogP contribution is -2.36. The van der Waals surface area contributed by atoms with Crippen LogP contribution in [0.2, 0.25) is 0 Å². The van der Waals surface area contributed by atoms with Gasteiger partial charge in [0.2, 0.25) is 0 Å². The van der Waals surface area contributed by atoms with Crippen LogP contribution in [0.15, 0.2) is 29.5 Å². The lowest BCUT2D eigenvalue weighted by atomic mass is 10.1. The molecule has 3 N–H and O–H groups in total. The standard InChI is InChI=1S/C11H13N3O5/c15-5-6-8(16)9(17)10(19-6)14-3-1-7-12-2-4-13(7)11(14)18/h1-4,6,8-10,15-17H,5H2. The first-order valence-electron chi connectivity index (χ1n) is 5.80. The van der Waals surface area contributed by atoms with Crippen molar-refractivity contribution in [2.24, 2.45) is 0 Å². The van der Waals surface area contributed by atoms with Crippen LogP contribution >= 0.6 is 0 Å². The van der Waals surface area contributed by atoms with Crippen molar-refractivity contribution in [2.75, 3.05) is 6.61 Å². The minimum absolute atomic E-state index is 0.434. The molecule has 4 unspecified atom stereocenters. The van der Waals surface area contributed by atoms with Gasteiger partial charge in [-0.3, -0.25) is 8.97 Å². The van der Waals surface area contributed by atoms with Gasteiger partial charge in [0.05, 0.1) is 6.61 Å². The number of imidazole rings is 1. The van der Waals surface area contributed by atoms with Gasteiger partial charge >= 0.3 is 5.69 Å². The number of hydrogen-bond donors (Lipinski definition) is 3. The highest BCUT2D eigenvalue weighted by Gasteiger charge is 2.43. The Morgan fingerprint density at radius 2 is 2.11 bits per heavy atom. The third kappa shape index (κ3) is 1.77. The summed E-state index contributed by atoms with van der Waals surface area (Å²) in [6, 6.07) is 1.59. The van der Waals surface area contributed by atoms with Gasteiger partial charge in [0.25, 0.3) is 0 Å². The number of nitrogens with zero attached hydrogens (tertiary/aromatic N) is 3. The molecule has 1 fully saturated rings. The fourth-order valence-corrected chi connectivity index (χ4v) is 2.24. The Labute approximate surface area is 107 Å². The van der Waals surface area contributed by atoms with E-state index in [-0.39, 0.29) is 0 Å². The fraction of sp³-hybridized carbons (Fsp3) is 0.455. The van der Waals surface area contributed by atoms with Crippen LogP contribution < -0.4 is 5.69 Å². The van der Waals surface area contributed by atoms with Crippen molar-refractivity contribution in [3.05, 3.63) is 35.1 Å². The number of aromatic nitrogens is 3. The van der Waals surface area contributed by atoms with E-state index in [4.69, 9.17) is 9.84 Å². The van der Waals surface area contributed by atoms with Crippen molar-refractivity contribution in [3.63, 3.8) is 0 Å². The van der Waals surface area contributed by atoms with E-state index in [9.17, 15) is 15.0 Å². The highest BCUT2D eigenvalue weighted by molar-refractivity contribution is 5.35. The average Bonchev–Trinajstić information content (AvgIpc) is 2.98. The Kier molecular flexibility index (Phi) is 2.86. The lowest BCUT2D eigenvalue weighted by molar-refractivity contribution is -0.0550. The van der Waals surface area contributed by atoms with Crippen molar-refractivity contribution < 1.29 is 20.1 Å². The van der Waals surface area contributed by atoms with E-state index < -0.39 is 36.8 Å². The summed E-state index contributed by atoms with van der Waals surface area (Å²) in [6.45, 7) is -0.434. The van der Waals surface area contributed by atoms with E-state index in [0.717, 1.165) is 4.57 Å². The topological polar surface area (TPSA) is 109 Å². The SMILES string of the molecule is O=c1n(C2OC(CO)C(O)C2O)ccc2nccn12. The van der Waals surface area contributed by atoms with E-state index in [2.05, 4.69) is 4.98 Å². The van der Waals surface area contributed by atoms with E-state index >= 15 is 0 Å². The quantitative estimate of drug-likeness (QED) is 0.587. The molecule has 0 aromatic carbocycles. The van der Waals surface area contributed by atoms with E-state index in [1.807, 2.05) is 0 Å². The molecule has 3 heterocycles. The number of fused-ring (bicyclic) bond motifs is 1. The Morgan fingerprint density at radius 1 is 1.32 bits per heavy atom. The third-order valence-corrected chi connectivity index (χ3v) is 3.27. The Morgan fingerprint density at radius 3 is 2.79 bits per heavy atom. The average molecular weight is 267 g/mol. The van der Waals surface area contributed by atoms with Gasteiger partial charge in [-0.05, 0) is 6.07 Å². The Bertz CT molecular complexity index is 651. The molecule has 0 bridgehead atoms. The zero-order chi connectivity index (χ0) is 13.6. The summed E-state index contributed by atoms with van der Waals surface area (Å²) in [5.74, 6) is 0. The maximum Gasteiger partial charge on any atom is 0.336 e. The molecular weight excluding hydrogens is 254 g/mol. The van der Waals surface area contributed by atoms with Crippen LogP contribution in [-0.2, 0) is 4.74 Å². The molecule has 102 valence electrons. The smallest absolute Gasteiger partial charge is 0.336 e. The molecule has 19 heavy (non-hydrogen) atoms. The van der Waals surface area contributed by atoms with E-state index in [0.29, 0.717) is 5.65 Å². The molecule has 4 atom stereocenters. The number of hydrogen-bond acceptors (Lipinski definition) is 6. The van der Waals surface area contributed by atoms with Gasteiger partial charge < -0.3 is 20.1 Å². The third-order valence-electron chi connectivity index (χ3n) is 3.27. The molecule has 3 rings (SSSR count). The van der Waals surface area contributed by atoms with Gasteiger partial charge in [-0.1, -0.05) is 0 Å². The largest absolute Gasteiger partial charge is 0.394 e. The van der Waals surface area contributed by atoms with Crippen LogP contribution in [0.25, 0.3) is 5.65 Å². The molecular formula is C11H13N3O5. The minimum atomic E-state index is -1.28. The van der Waals surface area contributed by atoms with Crippen molar-refractivity contribution >= 4 is 5.65 Å². The predicted molar refractivity (Wildman–Crippen MR) is 62.5 cm³/mol. The molecule has 8 heteroatoms. The highest BCUT2D eigenvalue weighted by atomic mass is 16.6. The molecule has 0 spiro atoms. The van der Waals surface area contributed by atoms with Gasteiger partial charge in [-0.2, -0.15) is 0 Å². The molecule has 0 radical (unpaired) electrons. The maximum absolute atomic E-state index is 12.2. The second-order valence-corrected chi connectivity index (χ2v) is 4.39. The minimum Gasteiger partial charge on any atom is -0.394 e. The maximum atomic E-state index is 12.2.